The Labute approximate surface area is 182 Å². The average Bonchev–Trinajstić information content (AvgIpc) is 2.68. The van der Waals surface area contributed by atoms with E-state index < -0.39 is 21.5 Å². The molecule has 29 heavy (non-hydrogen) atoms. The van der Waals surface area contributed by atoms with Crippen molar-refractivity contribution in [2.45, 2.75) is 154 Å². The van der Waals surface area contributed by atoms with E-state index in [9.17, 15) is 13.5 Å². The van der Waals surface area contributed by atoms with Crippen molar-refractivity contribution in [3.63, 3.8) is 0 Å². The van der Waals surface area contributed by atoms with Crippen LogP contribution in [0.5, 0.6) is 0 Å². The second-order valence-electron chi connectivity index (χ2n) is 8.94. The third-order valence-electron chi connectivity index (χ3n) is 6.12. The van der Waals surface area contributed by atoms with Crippen LogP contribution in [0.3, 0.4) is 0 Å². The summed E-state index contributed by atoms with van der Waals surface area (Å²) in [7, 11) is -4.13. The summed E-state index contributed by atoms with van der Waals surface area (Å²) < 4.78 is 30.9. The number of aliphatic hydroxyl groups is 1. The van der Waals surface area contributed by atoms with Gasteiger partial charge >= 0.3 is 0 Å². The highest BCUT2D eigenvalue weighted by atomic mass is 32.2. The number of unbranched alkanes of at least 4 members (excludes halogenated alkanes) is 18. The number of aliphatic hydroxyl groups excluding tert-OH is 1. The van der Waals surface area contributed by atoms with Crippen molar-refractivity contribution in [2.24, 2.45) is 0 Å². The van der Waals surface area contributed by atoms with Crippen LogP contribution >= 0.6 is 0 Å². The predicted octanol–water partition coefficient (Wildman–Crippen LogP) is 7.45. The standard InChI is InChI=1S/C24H50O4S/c1-3-4-5-6-7-8-9-10-11-12-13-14-15-16-17-18-19-20-21-22-24(25)23(2)29(26,27)28/h23-25H,3-22H2,1-2H3,(H,26,27,28). The number of hydrogen-bond acceptors (Lipinski definition) is 3. The maximum absolute atomic E-state index is 11.0. The average molecular weight is 435 g/mol. The van der Waals surface area contributed by atoms with Crippen molar-refractivity contribution < 1.29 is 18.1 Å². The molecular formula is C24H50O4S. The van der Waals surface area contributed by atoms with E-state index in [4.69, 9.17) is 4.55 Å². The normalized spacial score (nSPS) is 14.2. The largest absolute Gasteiger partial charge is 0.392 e. The quantitative estimate of drug-likeness (QED) is 0.137. The molecule has 0 aromatic carbocycles. The molecule has 2 unspecified atom stereocenters. The molecule has 0 aliphatic carbocycles. The Bertz CT molecular complexity index is 436. The van der Waals surface area contributed by atoms with Crippen LogP contribution < -0.4 is 0 Å². The molecule has 5 heteroatoms. The van der Waals surface area contributed by atoms with Gasteiger partial charge in [-0.15, -0.1) is 0 Å². The Balaban J connectivity index is 3.21. The molecule has 0 aromatic heterocycles. The summed E-state index contributed by atoms with van der Waals surface area (Å²) in [6, 6.07) is 0. The van der Waals surface area contributed by atoms with Gasteiger partial charge in [0.25, 0.3) is 10.1 Å². The Hall–Kier alpha value is -0.130. The van der Waals surface area contributed by atoms with Gasteiger partial charge < -0.3 is 5.11 Å². The van der Waals surface area contributed by atoms with Crippen molar-refractivity contribution in [1.82, 2.24) is 0 Å². The van der Waals surface area contributed by atoms with Crippen molar-refractivity contribution in [3.05, 3.63) is 0 Å². The molecule has 0 saturated carbocycles. The number of rotatable bonds is 22. The van der Waals surface area contributed by atoms with Gasteiger partial charge in [-0.3, -0.25) is 4.55 Å². The molecular weight excluding hydrogens is 384 g/mol. The van der Waals surface area contributed by atoms with Crippen LogP contribution in [0.1, 0.15) is 142 Å². The first kappa shape index (κ1) is 28.9. The Morgan fingerprint density at radius 1 is 0.586 bits per heavy atom. The van der Waals surface area contributed by atoms with Crippen molar-refractivity contribution in [2.75, 3.05) is 0 Å². The van der Waals surface area contributed by atoms with Gasteiger partial charge in [-0.25, -0.2) is 0 Å². The summed E-state index contributed by atoms with van der Waals surface area (Å²) in [6.07, 6.45) is 24.5. The van der Waals surface area contributed by atoms with Crippen LogP contribution in [0.2, 0.25) is 0 Å². The van der Waals surface area contributed by atoms with Crippen LogP contribution in [0, 0.1) is 0 Å². The highest BCUT2D eigenvalue weighted by molar-refractivity contribution is 7.86. The van der Waals surface area contributed by atoms with Gasteiger partial charge in [0.15, 0.2) is 0 Å². The van der Waals surface area contributed by atoms with Crippen LogP contribution in [0.4, 0.5) is 0 Å². The van der Waals surface area contributed by atoms with Gasteiger partial charge in [0, 0.05) is 0 Å². The lowest BCUT2D eigenvalue weighted by atomic mass is 10.0. The van der Waals surface area contributed by atoms with Gasteiger partial charge in [0.1, 0.15) is 5.25 Å². The maximum Gasteiger partial charge on any atom is 0.270 e. The molecule has 176 valence electrons. The summed E-state index contributed by atoms with van der Waals surface area (Å²) in [6.45, 7) is 3.63. The summed E-state index contributed by atoms with van der Waals surface area (Å²) in [5.74, 6) is 0. The van der Waals surface area contributed by atoms with E-state index >= 15 is 0 Å². The summed E-state index contributed by atoms with van der Waals surface area (Å²) in [5.41, 5.74) is 0. The number of hydrogen-bond donors (Lipinski definition) is 2. The lowest BCUT2D eigenvalue weighted by Gasteiger charge is -2.15. The second kappa shape index (κ2) is 19.8. The lowest BCUT2D eigenvalue weighted by molar-refractivity contribution is 0.155. The first-order valence-electron chi connectivity index (χ1n) is 12.5. The minimum Gasteiger partial charge on any atom is -0.392 e. The van der Waals surface area contributed by atoms with E-state index in [2.05, 4.69) is 6.92 Å². The summed E-state index contributed by atoms with van der Waals surface area (Å²) in [4.78, 5) is 0. The van der Waals surface area contributed by atoms with Gasteiger partial charge in [-0.05, 0) is 13.3 Å². The molecule has 0 radical (unpaired) electrons. The molecule has 0 amide bonds. The molecule has 0 aliphatic rings. The molecule has 4 nitrogen and oxygen atoms in total. The summed E-state index contributed by atoms with van der Waals surface area (Å²) in [5, 5.41) is 8.67. The van der Waals surface area contributed by atoms with Crippen molar-refractivity contribution in [1.29, 1.82) is 0 Å². The highest BCUT2D eigenvalue weighted by Gasteiger charge is 2.25. The molecule has 0 saturated heterocycles. The third kappa shape index (κ3) is 19.6. The molecule has 0 heterocycles. The fraction of sp³-hybridized carbons (Fsp3) is 1.00. The van der Waals surface area contributed by atoms with Gasteiger partial charge in [0.05, 0.1) is 6.10 Å². The minimum absolute atomic E-state index is 0.444. The van der Waals surface area contributed by atoms with Gasteiger partial charge in [0.2, 0.25) is 0 Å². The van der Waals surface area contributed by atoms with E-state index in [0.717, 1.165) is 19.3 Å². The van der Waals surface area contributed by atoms with E-state index in [1.807, 2.05) is 0 Å². The molecule has 0 aliphatic heterocycles. The van der Waals surface area contributed by atoms with E-state index in [1.54, 1.807) is 0 Å². The highest BCUT2D eigenvalue weighted by Crippen LogP contribution is 2.16. The van der Waals surface area contributed by atoms with Crippen LogP contribution in [0.25, 0.3) is 0 Å². The Morgan fingerprint density at radius 3 is 1.14 bits per heavy atom. The first-order valence-corrected chi connectivity index (χ1v) is 14.0. The topological polar surface area (TPSA) is 74.6 Å². The maximum atomic E-state index is 11.0. The van der Waals surface area contributed by atoms with E-state index in [0.29, 0.717) is 6.42 Å². The Morgan fingerprint density at radius 2 is 0.862 bits per heavy atom. The zero-order valence-electron chi connectivity index (χ0n) is 19.4. The molecule has 0 aromatic rings. The van der Waals surface area contributed by atoms with Crippen molar-refractivity contribution in [3.8, 4) is 0 Å². The second-order valence-corrected chi connectivity index (χ2v) is 10.7. The SMILES string of the molecule is CCCCCCCCCCCCCCCCCCCCCC(O)C(C)S(=O)(=O)O. The van der Waals surface area contributed by atoms with Gasteiger partial charge in [-0.2, -0.15) is 8.42 Å². The van der Waals surface area contributed by atoms with Crippen molar-refractivity contribution >= 4 is 10.1 Å². The third-order valence-corrected chi connectivity index (χ3v) is 7.37. The zero-order valence-corrected chi connectivity index (χ0v) is 20.2. The monoisotopic (exact) mass is 434 g/mol. The molecule has 0 fully saturated rings. The summed E-state index contributed by atoms with van der Waals surface area (Å²) >= 11 is 0. The molecule has 2 atom stereocenters. The van der Waals surface area contributed by atoms with Gasteiger partial charge in [-0.1, -0.05) is 129 Å². The first-order chi connectivity index (χ1) is 13.9. The predicted molar refractivity (Wildman–Crippen MR) is 125 cm³/mol. The smallest absolute Gasteiger partial charge is 0.270 e. The molecule has 0 bridgehead atoms. The van der Waals surface area contributed by atoms with Crippen LogP contribution in [0.15, 0.2) is 0 Å². The minimum atomic E-state index is -4.13. The molecule has 2 N–H and O–H groups in total. The van der Waals surface area contributed by atoms with E-state index in [-0.39, 0.29) is 0 Å². The van der Waals surface area contributed by atoms with Crippen LogP contribution in [-0.4, -0.2) is 29.4 Å². The zero-order chi connectivity index (χ0) is 21.8. The lowest BCUT2D eigenvalue weighted by Crippen LogP contribution is -2.30. The van der Waals surface area contributed by atoms with Crippen LogP contribution in [-0.2, 0) is 10.1 Å². The fourth-order valence-electron chi connectivity index (χ4n) is 3.87. The molecule has 0 spiro atoms. The Kier molecular flexibility index (Phi) is 19.7. The van der Waals surface area contributed by atoms with E-state index in [1.165, 1.54) is 110 Å². The molecule has 0 rings (SSSR count). The fourth-order valence-corrected chi connectivity index (χ4v) is 4.40.